The fourth-order valence-electron chi connectivity index (χ4n) is 3.95. The highest BCUT2D eigenvalue weighted by Gasteiger charge is 2.41. The molecule has 2 aromatic rings. The molecule has 0 amide bonds. The summed E-state index contributed by atoms with van der Waals surface area (Å²) in [6, 6.07) is 21.6. The number of rotatable bonds is 2. The maximum Gasteiger partial charge on any atom is 0.0813 e. The van der Waals surface area contributed by atoms with Gasteiger partial charge in [-0.2, -0.15) is 5.10 Å². The Morgan fingerprint density at radius 1 is 0.958 bits per heavy atom. The molecule has 2 aliphatic rings. The summed E-state index contributed by atoms with van der Waals surface area (Å²) in [6.07, 6.45) is 2.29. The molecule has 2 aromatic carbocycles. The van der Waals surface area contributed by atoms with Crippen molar-refractivity contribution in [2.24, 2.45) is 11.0 Å². The minimum Gasteiger partial charge on any atom is -0.301 e. The molecule has 4 rings (SSSR count). The first-order valence-corrected chi connectivity index (χ1v) is 8.53. The van der Waals surface area contributed by atoms with Crippen molar-refractivity contribution in [2.75, 3.05) is 27.2 Å². The van der Waals surface area contributed by atoms with Gasteiger partial charge < -0.3 is 4.90 Å². The molecule has 24 heavy (non-hydrogen) atoms. The largest absolute Gasteiger partial charge is 0.301 e. The van der Waals surface area contributed by atoms with Crippen LogP contribution in [0.5, 0.6) is 0 Å². The van der Waals surface area contributed by atoms with Crippen molar-refractivity contribution in [1.82, 2.24) is 9.91 Å². The lowest BCUT2D eigenvalue weighted by molar-refractivity contribution is 0.211. The number of hydrazone groups is 1. The van der Waals surface area contributed by atoms with E-state index in [0.29, 0.717) is 12.0 Å². The summed E-state index contributed by atoms with van der Waals surface area (Å²) < 4.78 is 0. The highest BCUT2D eigenvalue weighted by atomic mass is 15.5. The van der Waals surface area contributed by atoms with Crippen LogP contribution in [0.1, 0.15) is 17.2 Å². The van der Waals surface area contributed by atoms with Crippen molar-refractivity contribution in [3.8, 4) is 0 Å². The molecular formula is C21H23N3. The minimum absolute atomic E-state index is 0.322. The normalized spacial score (nSPS) is 25.7. The molecule has 0 saturated carbocycles. The molecule has 2 aliphatic heterocycles. The molecule has 2 unspecified atom stereocenters. The Labute approximate surface area is 143 Å². The van der Waals surface area contributed by atoms with Crippen molar-refractivity contribution in [1.29, 1.82) is 0 Å². The third kappa shape index (κ3) is 2.76. The quantitative estimate of drug-likeness (QED) is 0.841. The van der Waals surface area contributed by atoms with Gasteiger partial charge in [0.15, 0.2) is 0 Å². The average molecular weight is 317 g/mol. The number of likely N-dealkylation sites (tertiary alicyclic amines) is 1. The molecule has 0 spiro atoms. The average Bonchev–Trinajstić information content (AvgIpc) is 2.93. The molecular weight excluding hydrogens is 294 g/mol. The van der Waals surface area contributed by atoms with Crippen LogP contribution in [-0.2, 0) is 0 Å². The molecule has 3 heteroatoms. The van der Waals surface area contributed by atoms with Crippen LogP contribution >= 0.6 is 0 Å². The van der Waals surface area contributed by atoms with Gasteiger partial charge >= 0.3 is 0 Å². The maximum atomic E-state index is 4.94. The maximum absolute atomic E-state index is 4.94. The summed E-state index contributed by atoms with van der Waals surface area (Å²) in [5, 5.41) is 7.08. The molecule has 0 aromatic heterocycles. The Morgan fingerprint density at radius 2 is 1.62 bits per heavy atom. The second-order valence-electron chi connectivity index (χ2n) is 6.80. The first kappa shape index (κ1) is 15.2. The second kappa shape index (κ2) is 6.25. The Hall–Kier alpha value is -2.39. The smallest absolute Gasteiger partial charge is 0.0813 e. The fraction of sp³-hybridized carbons (Fsp3) is 0.286. The molecule has 2 atom stereocenters. The lowest BCUT2D eigenvalue weighted by Gasteiger charge is -2.34. The second-order valence-corrected chi connectivity index (χ2v) is 6.80. The Kier molecular flexibility index (Phi) is 3.95. The van der Waals surface area contributed by atoms with Crippen LogP contribution in [0.3, 0.4) is 0 Å². The van der Waals surface area contributed by atoms with Crippen LogP contribution in [-0.4, -0.2) is 42.8 Å². The first-order chi connectivity index (χ1) is 11.7. The summed E-state index contributed by atoms with van der Waals surface area (Å²) in [5.74, 6) is 0.422. The molecule has 0 radical (unpaired) electrons. The molecule has 122 valence electrons. The molecule has 0 aliphatic carbocycles. The number of piperidine rings is 1. The van der Waals surface area contributed by atoms with Crippen molar-refractivity contribution >= 4 is 11.8 Å². The summed E-state index contributed by atoms with van der Waals surface area (Å²) in [4.78, 5) is 2.41. The zero-order valence-corrected chi connectivity index (χ0v) is 14.3. The van der Waals surface area contributed by atoms with E-state index in [1.165, 1.54) is 22.4 Å². The summed E-state index contributed by atoms with van der Waals surface area (Å²) in [5.41, 5.74) is 5.19. The van der Waals surface area contributed by atoms with Crippen LogP contribution in [0.15, 0.2) is 71.3 Å². The Balaban J connectivity index is 1.71. The Morgan fingerprint density at radius 3 is 2.33 bits per heavy atom. The van der Waals surface area contributed by atoms with Gasteiger partial charge in [0.2, 0.25) is 0 Å². The van der Waals surface area contributed by atoms with Gasteiger partial charge in [-0.1, -0.05) is 60.7 Å². The standard InChI is InChI=1S/C21H23N3/c1-23-14-18(13-16-9-5-3-6-10-16)20-19(15-23)21(24(2)22-20)17-11-7-4-8-12-17/h3-13,19,21H,14-15H2,1-2H3. The van der Waals surface area contributed by atoms with Gasteiger partial charge in [0.05, 0.1) is 11.8 Å². The van der Waals surface area contributed by atoms with Crippen molar-refractivity contribution in [3.63, 3.8) is 0 Å². The molecule has 2 heterocycles. The van der Waals surface area contributed by atoms with Gasteiger partial charge in [-0.15, -0.1) is 0 Å². The number of hydrogen-bond acceptors (Lipinski definition) is 3. The molecule has 1 saturated heterocycles. The fourth-order valence-corrected chi connectivity index (χ4v) is 3.95. The number of benzene rings is 2. The van der Waals surface area contributed by atoms with E-state index < -0.39 is 0 Å². The van der Waals surface area contributed by atoms with Gasteiger partial charge in [0, 0.05) is 26.1 Å². The van der Waals surface area contributed by atoms with Crippen LogP contribution in [0.2, 0.25) is 0 Å². The van der Waals surface area contributed by atoms with Gasteiger partial charge in [-0.3, -0.25) is 5.01 Å². The van der Waals surface area contributed by atoms with Crippen LogP contribution in [0.4, 0.5) is 0 Å². The van der Waals surface area contributed by atoms with Crippen LogP contribution in [0, 0.1) is 5.92 Å². The van der Waals surface area contributed by atoms with Crippen molar-refractivity contribution < 1.29 is 0 Å². The minimum atomic E-state index is 0.322. The van der Waals surface area contributed by atoms with Gasteiger partial charge in [-0.05, 0) is 29.8 Å². The van der Waals surface area contributed by atoms with E-state index in [1.54, 1.807) is 0 Å². The highest BCUT2D eigenvalue weighted by molar-refractivity contribution is 6.07. The van der Waals surface area contributed by atoms with E-state index >= 15 is 0 Å². The van der Waals surface area contributed by atoms with E-state index in [4.69, 9.17) is 5.10 Å². The molecule has 0 N–H and O–H groups in total. The van der Waals surface area contributed by atoms with Gasteiger partial charge in [-0.25, -0.2) is 0 Å². The van der Waals surface area contributed by atoms with Gasteiger partial charge in [0.25, 0.3) is 0 Å². The zero-order chi connectivity index (χ0) is 16.5. The highest BCUT2D eigenvalue weighted by Crippen LogP contribution is 2.39. The number of hydrogen-bond donors (Lipinski definition) is 0. The van der Waals surface area contributed by atoms with Crippen LogP contribution in [0.25, 0.3) is 6.08 Å². The lowest BCUT2D eigenvalue weighted by atomic mass is 9.83. The third-order valence-corrected chi connectivity index (χ3v) is 4.96. The van der Waals surface area contributed by atoms with E-state index in [1.807, 2.05) is 0 Å². The lowest BCUT2D eigenvalue weighted by Crippen LogP contribution is -2.41. The summed E-state index contributed by atoms with van der Waals surface area (Å²) >= 11 is 0. The van der Waals surface area contributed by atoms with Crippen molar-refractivity contribution in [2.45, 2.75) is 6.04 Å². The van der Waals surface area contributed by atoms with Gasteiger partial charge in [0.1, 0.15) is 0 Å². The first-order valence-electron chi connectivity index (χ1n) is 8.53. The third-order valence-electron chi connectivity index (χ3n) is 4.96. The number of fused-ring (bicyclic) bond motifs is 1. The number of nitrogens with zero attached hydrogens (tertiary/aromatic N) is 3. The van der Waals surface area contributed by atoms with E-state index in [0.717, 1.165) is 13.1 Å². The number of likely N-dealkylation sites (N-methyl/N-ethyl adjacent to an activating group) is 1. The molecule has 0 bridgehead atoms. The predicted octanol–water partition coefficient (Wildman–Crippen LogP) is 3.67. The zero-order valence-electron chi connectivity index (χ0n) is 14.3. The van der Waals surface area contributed by atoms with Crippen LogP contribution < -0.4 is 0 Å². The Bertz CT molecular complexity index is 764. The molecule has 3 nitrogen and oxygen atoms in total. The van der Waals surface area contributed by atoms with E-state index in [2.05, 4.69) is 90.7 Å². The topological polar surface area (TPSA) is 18.8 Å². The monoisotopic (exact) mass is 317 g/mol. The van der Waals surface area contributed by atoms with E-state index in [9.17, 15) is 0 Å². The SMILES string of the molecule is CN1CC(=Cc2ccccc2)C2=NN(C)C(c3ccccc3)C2C1. The van der Waals surface area contributed by atoms with E-state index in [-0.39, 0.29) is 0 Å². The predicted molar refractivity (Wildman–Crippen MR) is 99.8 cm³/mol. The summed E-state index contributed by atoms with van der Waals surface area (Å²) in [7, 11) is 4.30. The summed E-state index contributed by atoms with van der Waals surface area (Å²) in [6.45, 7) is 2.01. The molecule has 1 fully saturated rings. The van der Waals surface area contributed by atoms with Crippen molar-refractivity contribution in [3.05, 3.63) is 77.4 Å².